The molecule has 0 spiro atoms. The third-order valence-corrected chi connectivity index (χ3v) is 25.4. The van der Waals surface area contributed by atoms with E-state index >= 15 is 0 Å². The average molecular weight is 1750 g/mol. The molecule has 10 N–H and O–H groups in total. The topological polar surface area (TPSA) is 380 Å². The van der Waals surface area contributed by atoms with Crippen molar-refractivity contribution in [3.8, 4) is 0 Å². The van der Waals surface area contributed by atoms with Crippen LogP contribution >= 0.6 is 7.82 Å². The maximum absolute atomic E-state index is 14.9. The summed E-state index contributed by atoms with van der Waals surface area (Å²) in [6.45, 7) is 7.93. The predicted octanol–water partition coefficient (Wildman–Crippen LogP) is 19.0. The number of rotatable bonds is 80. The highest BCUT2D eigenvalue weighted by molar-refractivity contribution is 7.47. The van der Waals surface area contributed by atoms with E-state index in [1.165, 1.54) is 193 Å². The first-order valence-corrected chi connectivity index (χ1v) is 50.8. The van der Waals surface area contributed by atoms with Crippen LogP contribution in [0.15, 0.2) is 12.2 Å². The van der Waals surface area contributed by atoms with Gasteiger partial charge in [0.05, 0.1) is 13.2 Å². The summed E-state index contributed by atoms with van der Waals surface area (Å²) < 4.78 is 73.6. The van der Waals surface area contributed by atoms with E-state index in [1.54, 1.807) is 0 Å². The lowest BCUT2D eigenvalue weighted by atomic mass is 9.84. The number of phosphoric acid groups is 1. The lowest BCUT2D eigenvalue weighted by molar-refractivity contribution is -0.360. The number of aliphatic hydroxyl groups excluding tert-OH is 9. The van der Waals surface area contributed by atoms with Gasteiger partial charge in [0, 0.05) is 25.7 Å². The van der Waals surface area contributed by atoms with Crippen molar-refractivity contribution in [3.05, 3.63) is 12.2 Å². The van der Waals surface area contributed by atoms with Gasteiger partial charge in [0.15, 0.2) is 24.8 Å². The molecule has 19 atom stereocenters. The summed E-state index contributed by atoms with van der Waals surface area (Å²) in [5, 5.41) is 103. The van der Waals surface area contributed by atoms with Gasteiger partial charge >= 0.3 is 31.7 Å². The molecule has 0 bridgehead atoms. The van der Waals surface area contributed by atoms with Crippen LogP contribution in [0.5, 0.6) is 0 Å². The summed E-state index contributed by atoms with van der Waals surface area (Å²) in [5.74, 6) is -2.33. The van der Waals surface area contributed by atoms with E-state index in [9.17, 15) is 74.6 Å². The van der Waals surface area contributed by atoms with Crippen LogP contribution < -0.4 is 0 Å². The molecular formula is C95H177O25P. The number of allylic oxidation sites excluding steroid dienone is 2. The van der Waals surface area contributed by atoms with Gasteiger partial charge in [0.2, 0.25) is 0 Å². The Hall–Kier alpha value is -2.79. The van der Waals surface area contributed by atoms with E-state index in [-0.39, 0.29) is 25.7 Å². The van der Waals surface area contributed by atoms with E-state index in [0.717, 1.165) is 148 Å². The van der Waals surface area contributed by atoms with Gasteiger partial charge in [-0.05, 0) is 57.3 Å². The third-order valence-electron chi connectivity index (χ3n) is 24.4. The zero-order valence-corrected chi connectivity index (χ0v) is 77.2. The SMILES string of the molecule is CCCCCC/C=C\CCCCCCCCCC(=O)OCC(COP(=O)(O)OC1C(OC2OC(CO)C(O)C(O)C2O)C(O)C(O)C(OC(=O)CCCCCCCCC(C)CCCCCCCC)C1OC1OC(COC(=O)CCCCCCCCCCCCCCCCCC)C(O)C(O)C1O)OC(=O)CCCCCCCCCCCCCCCCC. The number of phosphoric ester groups is 1. The first kappa shape index (κ1) is 112. The molecule has 0 aromatic rings. The molecule has 0 amide bonds. The van der Waals surface area contributed by atoms with E-state index in [2.05, 4.69) is 46.8 Å². The standard InChI is InChI=1S/C95H177O25P/c1-6-10-14-18-22-25-28-31-34-37-39-42-45-48-55-61-67-79(98)112-73-77-83(102)85(104)89(108)95(116-77)119-92-90(117-81(100)69-63-57-51-50-53-59-65-74(5)64-58-52-21-17-13-9-4)86(105)87(106)91(118-94-88(107)84(103)82(101)76(70-96)115-94)93(92)120-121(109,110)113-72-75(114-80(99)68-62-56-49-46-43-40-36-33-30-27-24-20-16-12-8-3)71-111-78(97)66-60-54-47-44-41-38-35-32-29-26-23-19-15-11-7-2/h26,29,74-77,82-96,101-108H,6-25,27-28,30-73H2,1-5H3,(H,109,110)/b29-26-. The van der Waals surface area contributed by atoms with Gasteiger partial charge in [-0.25, -0.2) is 4.57 Å². The van der Waals surface area contributed by atoms with Gasteiger partial charge in [-0.3, -0.25) is 28.2 Å². The van der Waals surface area contributed by atoms with Crippen LogP contribution in [-0.2, 0) is 70.7 Å². The molecule has 712 valence electrons. The second-order valence-electron chi connectivity index (χ2n) is 35.6. The Morgan fingerprint density at radius 1 is 0.347 bits per heavy atom. The lowest BCUT2D eigenvalue weighted by Crippen LogP contribution is -2.70. The Bertz CT molecular complexity index is 2570. The van der Waals surface area contributed by atoms with Crippen LogP contribution in [0.25, 0.3) is 0 Å². The summed E-state index contributed by atoms with van der Waals surface area (Å²) in [6.07, 6.45) is 31.8. The summed E-state index contributed by atoms with van der Waals surface area (Å²) in [6, 6.07) is 0. The zero-order chi connectivity index (χ0) is 88.4. The lowest BCUT2D eigenvalue weighted by Gasteiger charge is -2.50. The van der Waals surface area contributed by atoms with Crippen molar-refractivity contribution in [3.63, 3.8) is 0 Å². The fraction of sp³-hybridized carbons (Fsp3) is 0.937. The number of unbranched alkanes of at least 4 members (excludes halogenated alkanes) is 50. The Balaban J connectivity index is 1.91. The van der Waals surface area contributed by atoms with Gasteiger partial charge in [-0.15, -0.1) is 0 Å². The number of aliphatic hydroxyl groups is 9. The van der Waals surface area contributed by atoms with E-state index in [0.29, 0.717) is 38.0 Å². The van der Waals surface area contributed by atoms with Gasteiger partial charge in [0.25, 0.3) is 0 Å². The minimum absolute atomic E-state index is 0.0187. The highest BCUT2D eigenvalue weighted by atomic mass is 31.2. The van der Waals surface area contributed by atoms with Gasteiger partial charge in [-0.2, -0.15) is 0 Å². The van der Waals surface area contributed by atoms with Crippen molar-refractivity contribution >= 4 is 31.7 Å². The van der Waals surface area contributed by atoms with Crippen LogP contribution in [0.1, 0.15) is 433 Å². The molecule has 0 aromatic carbocycles. The van der Waals surface area contributed by atoms with Crippen molar-refractivity contribution in [2.24, 2.45) is 5.92 Å². The molecule has 3 fully saturated rings. The summed E-state index contributed by atoms with van der Waals surface area (Å²) in [7, 11) is -5.81. The first-order valence-electron chi connectivity index (χ1n) is 49.3. The molecule has 3 rings (SSSR count). The fourth-order valence-electron chi connectivity index (χ4n) is 16.5. The van der Waals surface area contributed by atoms with Crippen LogP contribution in [0.2, 0.25) is 0 Å². The molecule has 2 heterocycles. The highest BCUT2D eigenvalue weighted by Gasteiger charge is 2.60. The van der Waals surface area contributed by atoms with Crippen LogP contribution in [0.3, 0.4) is 0 Å². The molecule has 0 aromatic heterocycles. The second kappa shape index (κ2) is 73.0. The summed E-state index contributed by atoms with van der Waals surface area (Å²) >= 11 is 0. The minimum Gasteiger partial charge on any atom is -0.463 e. The third kappa shape index (κ3) is 53.1. The molecule has 1 saturated carbocycles. The van der Waals surface area contributed by atoms with Crippen LogP contribution in [0, 0.1) is 5.92 Å². The normalized spacial score (nSPS) is 24.9. The van der Waals surface area contributed by atoms with Crippen LogP contribution in [0.4, 0.5) is 0 Å². The smallest absolute Gasteiger partial charge is 0.463 e. The molecular weight excluding hydrogens is 1570 g/mol. The molecule has 25 nitrogen and oxygen atoms in total. The zero-order valence-electron chi connectivity index (χ0n) is 76.3. The van der Waals surface area contributed by atoms with Crippen molar-refractivity contribution in [2.75, 3.05) is 26.4 Å². The summed E-state index contributed by atoms with van der Waals surface area (Å²) in [5.41, 5.74) is 0. The molecule has 26 heteroatoms. The highest BCUT2D eigenvalue weighted by Crippen LogP contribution is 2.49. The predicted molar refractivity (Wildman–Crippen MR) is 472 cm³/mol. The first-order chi connectivity index (χ1) is 58.6. The Labute approximate surface area is 731 Å². The molecule has 2 aliphatic heterocycles. The van der Waals surface area contributed by atoms with Crippen LogP contribution in [-0.4, -0.2) is 205 Å². The van der Waals surface area contributed by atoms with Crippen molar-refractivity contribution in [2.45, 2.75) is 537 Å². The van der Waals surface area contributed by atoms with Gasteiger partial charge in [0.1, 0.15) is 92.6 Å². The number of hydrogen-bond donors (Lipinski definition) is 10. The molecule has 3 aliphatic rings. The van der Waals surface area contributed by atoms with E-state index in [4.69, 9.17) is 46.9 Å². The molecule has 121 heavy (non-hydrogen) atoms. The van der Waals surface area contributed by atoms with Gasteiger partial charge in [-0.1, -0.05) is 368 Å². The monoisotopic (exact) mass is 1750 g/mol. The van der Waals surface area contributed by atoms with Gasteiger partial charge < -0.3 is 88.7 Å². The number of hydrogen-bond acceptors (Lipinski definition) is 24. The number of carbonyl (C=O) groups is 4. The molecule has 2 saturated heterocycles. The Kier molecular flexibility index (Phi) is 67.8. The molecule has 19 unspecified atom stereocenters. The fourth-order valence-corrected chi connectivity index (χ4v) is 17.5. The maximum Gasteiger partial charge on any atom is 0.472 e. The number of ether oxygens (including phenoxy) is 8. The summed E-state index contributed by atoms with van der Waals surface area (Å²) in [4.78, 5) is 66.7. The Morgan fingerprint density at radius 3 is 1.07 bits per heavy atom. The number of esters is 4. The molecule has 1 aliphatic carbocycles. The quantitative estimate of drug-likeness (QED) is 0.00889. The molecule has 0 radical (unpaired) electrons. The second-order valence-corrected chi connectivity index (χ2v) is 37.0. The average Bonchev–Trinajstić information content (AvgIpc) is 0.753. The van der Waals surface area contributed by atoms with Crippen molar-refractivity contribution in [1.82, 2.24) is 0 Å². The van der Waals surface area contributed by atoms with Crippen molar-refractivity contribution < 1.29 is 122 Å². The Morgan fingerprint density at radius 2 is 0.669 bits per heavy atom. The minimum atomic E-state index is -5.81. The van der Waals surface area contributed by atoms with Crippen molar-refractivity contribution in [1.29, 1.82) is 0 Å². The number of carbonyl (C=O) groups excluding carboxylic acids is 4. The largest absolute Gasteiger partial charge is 0.472 e. The van der Waals surface area contributed by atoms with E-state index < -0.39 is 162 Å². The van der Waals surface area contributed by atoms with E-state index in [1.807, 2.05) is 0 Å². The maximum atomic E-state index is 14.9.